The molecule has 0 aromatic rings. The van der Waals surface area contributed by atoms with E-state index in [-0.39, 0.29) is 18.0 Å². The molecule has 0 radical (unpaired) electrons. The molecule has 1 atom stereocenters. The van der Waals surface area contributed by atoms with E-state index in [1.807, 2.05) is 19.0 Å². The number of rotatable bonds is 2. The molecule has 3 aliphatic rings. The van der Waals surface area contributed by atoms with Gasteiger partial charge in [-0.25, -0.2) is 4.99 Å². The van der Waals surface area contributed by atoms with E-state index in [0.29, 0.717) is 12.4 Å². The minimum atomic E-state index is -0.595. The van der Waals surface area contributed by atoms with E-state index in [1.54, 1.807) is 0 Å². The summed E-state index contributed by atoms with van der Waals surface area (Å²) in [6, 6.07) is 0. The smallest absolute Gasteiger partial charge is 0.306 e. The summed E-state index contributed by atoms with van der Waals surface area (Å²) < 4.78 is 5.26. The van der Waals surface area contributed by atoms with Gasteiger partial charge in [-0.3, -0.25) is 19.8 Å². The summed E-state index contributed by atoms with van der Waals surface area (Å²) in [4.78, 5) is 32.1. The van der Waals surface area contributed by atoms with Crippen LogP contribution in [0.4, 0.5) is 0 Å². The van der Waals surface area contributed by atoms with Crippen molar-refractivity contribution in [2.75, 3.05) is 33.7 Å². The number of carbonyl (C=O) groups is 2. The third-order valence-electron chi connectivity index (χ3n) is 4.51. The van der Waals surface area contributed by atoms with Gasteiger partial charge in [-0.1, -0.05) is 0 Å². The molecule has 3 heterocycles. The first kappa shape index (κ1) is 14.3. The molecule has 3 aliphatic heterocycles. The third-order valence-corrected chi connectivity index (χ3v) is 4.51. The molecule has 0 saturated carbocycles. The molecule has 1 amide bonds. The molecular weight excluding hydrogens is 272 g/mol. The lowest BCUT2D eigenvalue weighted by molar-refractivity contribution is -0.142. The Labute approximate surface area is 124 Å². The lowest BCUT2D eigenvalue weighted by atomic mass is 9.88. The number of hydrogen-bond acceptors (Lipinski definition) is 6. The Kier molecular flexibility index (Phi) is 3.61. The second-order valence-corrected chi connectivity index (χ2v) is 6.27. The van der Waals surface area contributed by atoms with Crippen LogP contribution in [0.1, 0.15) is 25.7 Å². The normalized spacial score (nSPS) is 28.5. The van der Waals surface area contributed by atoms with Crippen molar-refractivity contribution in [2.45, 2.75) is 37.3 Å². The molecule has 2 saturated heterocycles. The van der Waals surface area contributed by atoms with Crippen molar-refractivity contribution in [3.63, 3.8) is 0 Å². The van der Waals surface area contributed by atoms with E-state index in [9.17, 15) is 9.59 Å². The second kappa shape index (κ2) is 5.29. The number of likely N-dealkylation sites (tertiary alicyclic amines) is 1. The van der Waals surface area contributed by atoms with Crippen LogP contribution in [-0.4, -0.2) is 73.0 Å². The standard InChI is InChI=1S/C14H22N4O3/c1-17(2)13-15-12(20)14(16-13)5-7-18(8-6-14)9-10-3-4-11(19)21-10/h10H,3-9H2,1-2H3,(H,15,16,20). The fourth-order valence-corrected chi connectivity index (χ4v) is 3.15. The predicted molar refractivity (Wildman–Crippen MR) is 76.8 cm³/mol. The molecule has 1 N–H and O–H groups in total. The Morgan fingerprint density at radius 1 is 1.38 bits per heavy atom. The van der Waals surface area contributed by atoms with Crippen LogP contribution in [0.25, 0.3) is 0 Å². The fourth-order valence-electron chi connectivity index (χ4n) is 3.15. The van der Waals surface area contributed by atoms with Crippen LogP contribution in [0.5, 0.6) is 0 Å². The zero-order chi connectivity index (χ0) is 15.0. The molecule has 0 bridgehead atoms. The van der Waals surface area contributed by atoms with Crippen molar-refractivity contribution in [3.8, 4) is 0 Å². The van der Waals surface area contributed by atoms with Gasteiger partial charge in [0.25, 0.3) is 5.91 Å². The number of carbonyl (C=O) groups excluding carboxylic acids is 2. The Hall–Kier alpha value is -1.63. The molecule has 116 valence electrons. The lowest BCUT2D eigenvalue weighted by Gasteiger charge is -2.36. The summed E-state index contributed by atoms with van der Waals surface area (Å²) in [5.74, 6) is 0.570. The van der Waals surface area contributed by atoms with Gasteiger partial charge in [-0.05, 0) is 19.3 Å². The highest BCUT2D eigenvalue weighted by atomic mass is 16.5. The minimum absolute atomic E-state index is 0.0122. The highest BCUT2D eigenvalue weighted by molar-refractivity contribution is 6.07. The molecule has 2 fully saturated rings. The molecule has 1 unspecified atom stereocenters. The van der Waals surface area contributed by atoms with E-state index in [2.05, 4.69) is 15.2 Å². The number of esters is 1. The quantitative estimate of drug-likeness (QED) is 0.700. The maximum Gasteiger partial charge on any atom is 0.306 e. The maximum atomic E-state index is 12.2. The van der Waals surface area contributed by atoms with Crippen LogP contribution in [-0.2, 0) is 14.3 Å². The number of nitrogens with zero attached hydrogens (tertiary/aromatic N) is 3. The van der Waals surface area contributed by atoms with Crippen molar-refractivity contribution in [1.29, 1.82) is 0 Å². The van der Waals surface area contributed by atoms with Crippen LogP contribution >= 0.6 is 0 Å². The van der Waals surface area contributed by atoms with Crippen molar-refractivity contribution in [3.05, 3.63) is 0 Å². The molecular formula is C14H22N4O3. The largest absolute Gasteiger partial charge is 0.461 e. The topological polar surface area (TPSA) is 74.2 Å². The van der Waals surface area contributed by atoms with Crippen molar-refractivity contribution < 1.29 is 14.3 Å². The molecule has 0 aromatic carbocycles. The molecule has 7 heteroatoms. The highest BCUT2D eigenvalue weighted by Crippen LogP contribution is 2.30. The average molecular weight is 294 g/mol. The lowest BCUT2D eigenvalue weighted by Crippen LogP contribution is -2.50. The average Bonchev–Trinajstić information content (AvgIpc) is 2.98. The van der Waals surface area contributed by atoms with Crippen LogP contribution in [0.2, 0.25) is 0 Å². The van der Waals surface area contributed by atoms with Crippen LogP contribution in [0.15, 0.2) is 4.99 Å². The first-order valence-electron chi connectivity index (χ1n) is 7.49. The second-order valence-electron chi connectivity index (χ2n) is 6.27. The summed E-state index contributed by atoms with van der Waals surface area (Å²) in [7, 11) is 3.75. The molecule has 0 aromatic heterocycles. The number of nitrogens with one attached hydrogen (secondary N) is 1. The number of aliphatic imine (C=N–C) groups is 1. The molecule has 21 heavy (non-hydrogen) atoms. The molecule has 1 spiro atoms. The zero-order valence-electron chi connectivity index (χ0n) is 12.6. The van der Waals surface area contributed by atoms with E-state index in [0.717, 1.165) is 38.9 Å². The summed E-state index contributed by atoms with van der Waals surface area (Å²) in [6.07, 6.45) is 2.80. The van der Waals surface area contributed by atoms with E-state index < -0.39 is 5.54 Å². The van der Waals surface area contributed by atoms with Gasteiger partial charge in [0.1, 0.15) is 11.6 Å². The van der Waals surface area contributed by atoms with Crippen LogP contribution in [0.3, 0.4) is 0 Å². The Bertz CT molecular complexity index is 481. The molecule has 0 aliphatic carbocycles. The number of ether oxygens (including phenoxy) is 1. The molecule has 3 rings (SSSR count). The SMILES string of the molecule is CN(C)C1=NC2(CCN(CC3CCC(=O)O3)CC2)C(=O)N1. The van der Waals surface area contributed by atoms with Crippen molar-refractivity contribution in [1.82, 2.24) is 15.1 Å². The van der Waals surface area contributed by atoms with Crippen LogP contribution < -0.4 is 5.32 Å². The number of hydrogen-bond donors (Lipinski definition) is 1. The number of cyclic esters (lactones) is 1. The van der Waals surface area contributed by atoms with E-state index >= 15 is 0 Å². The first-order valence-corrected chi connectivity index (χ1v) is 7.49. The maximum absolute atomic E-state index is 12.2. The summed E-state index contributed by atoms with van der Waals surface area (Å²) in [6.45, 7) is 2.39. The number of guanidine groups is 1. The summed E-state index contributed by atoms with van der Waals surface area (Å²) >= 11 is 0. The number of amides is 1. The Morgan fingerprint density at radius 2 is 2.10 bits per heavy atom. The van der Waals surface area contributed by atoms with Gasteiger partial charge < -0.3 is 9.64 Å². The van der Waals surface area contributed by atoms with Gasteiger partial charge in [0.15, 0.2) is 0 Å². The number of piperidine rings is 1. The van der Waals surface area contributed by atoms with Gasteiger partial charge in [0.2, 0.25) is 5.96 Å². The monoisotopic (exact) mass is 294 g/mol. The van der Waals surface area contributed by atoms with Crippen molar-refractivity contribution >= 4 is 17.8 Å². The van der Waals surface area contributed by atoms with Crippen molar-refractivity contribution in [2.24, 2.45) is 4.99 Å². The molecule has 7 nitrogen and oxygen atoms in total. The van der Waals surface area contributed by atoms with Crippen LogP contribution in [0, 0.1) is 0 Å². The zero-order valence-corrected chi connectivity index (χ0v) is 12.6. The predicted octanol–water partition coefficient (Wildman–Crippen LogP) is -0.426. The third kappa shape index (κ3) is 2.74. The minimum Gasteiger partial charge on any atom is -0.461 e. The van der Waals surface area contributed by atoms with E-state index in [1.165, 1.54) is 0 Å². The van der Waals surface area contributed by atoms with Gasteiger partial charge in [0, 0.05) is 40.2 Å². The van der Waals surface area contributed by atoms with Gasteiger partial charge in [-0.15, -0.1) is 0 Å². The highest BCUT2D eigenvalue weighted by Gasteiger charge is 2.46. The first-order chi connectivity index (χ1) is 9.98. The summed E-state index contributed by atoms with van der Waals surface area (Å²) in [5, 5.41) is 2.86. The Balaban J connectivity index is 1.57. The van der Waals surface area contributed by atoms with Gasteiger partial charge in [0.05, 0.1) is 0 Å². The Morgan fingerprint density at radius 3 is 2.62 bits per heavy atom. The van der Waals surface area contributed by atoms with E-state index in [4.69, 9.17) is 4.74 Å². The fraction of sp³-hybridized carbons (Fsp3) is 0.786. The summed E-state index contributed by atoms with van der Waals surface area (Å²) in [5.41, 5.74) is -0.595. The van der Waals surface area contributed by atoms with Gasteiger partial charge in [-0.2, -0.15) is 0 Å². The van der Waals surface area contributed by atoms with Gasteiger partial charge >= 0.3 is 5.97 Å².